The maximum Gasteiger partial charge on any atom is 0.220 e. The summed E-state index contributed by atoms with van der Waals surface area (Å²) in [5.41, 5.74) is 1.78. The third-order valence-electron chi connectivity index (χ3n) is 4.86. The predicted octanol–water partition coefficient (Wildman–Crippen LogP) is 3.55. The minimum absolute atomic E-state index is 0.0413. The van der Waals surface area contributed by atoms with Crippen molar-refractivity contribution in [2.75, 3.05) is 6.54 Å². The zero-order valence-electron chi connectivity index (χ0n) is 14.1. The molecule has 2 N–H and O–H groups in total. The van der Waals surface area contributed by atoms with E-state index in [1.54, 1.807) is 0 Å². The summed E-state index contributed by atoms with van der Waals surface area (Å²) >= 11 is 0. The van der Waals surface area contributed by atoms with Crippen molar-refractivity contribution >= 4 is 5.91 Å². The highest BCUT2D eigenvalue weighted by atomic mass is 16.3. The molecular formula is C19H29NO2. The van der Waals surface area contributed by atoms with Crippen LogP contribution in [0.5, 0.6) is 0 Å². The van der Waals surface area contributed by atoms with Crippen molar-refractivity contribution in [3.05, 3.63) is 35.4 Å². The second kappa shape index (κ2) is 7.28. The Hall–Kier alpha value is -1.35. The normalized spacial score (nSPS) is 18.4. The smallest absolute Gasteiger partial charge is 0.220 e. The Morgan fingerprint density at radius 3 is 2.36 bits per heavy atom. The Morgan fingerprint density at radius 2 is 1.82 bits per heavy atom. The van der Waals surface area contributed by atoms with Crippen LogP contribution in [0.1, 0.15) is 63.0 Å². The minimum atomic E-state index is -0.674. The van der Waals surface area contributed by atoms with Crippen LogP contribution in [0.15, 0.2) is 24.3 Å². The van der Waals surface area contributed by atoms with Gasteiger partial charge in [-0.1, -0.05) is 56.5 Å². The molecule has 3 heteroatoms. The fraction of sp³-hybridized carbons (Fsp3) is 0.632. The van der Waals surface area contributed by atoms with Crippen LogP contribution in [0.4, 0.5) is 0 Å². The molecule has 0 aliphatic heterocycles. The molecule has 0 heterocycles. The number of benzene rings is 1. The summed E-state index contributed by atoms with van der Waals surface area (Å²) in [5.74, 6) is 0.668. The van der Waals surface area contributed by atoms with E-state index in [0.717, 1.165) is 25.7 Å². The topological polar surface area (TPSA) is 49.3 Å². The zero-order valence-corrected chi connectivity index (χ0v) is 14.1. The summed E-state index contributed by atoms with van der Waals surface area (Å²) in [4.78, 5) is 12.3. The molecular weight excluding hydrogens is 274 g/mol. The molecule has 1 fully saturated rings. The molecule has 2 rings (SSSR count). The summed E-state index contributed by atoms with van der Waals surface area (Å²) in [6, 6.07) is 8.45. The van der Waals surface area contributed by atoms with Gasteiger partial charge in [-0.15, -0.1) is 0 Å². The first kappa shape index (κ1) is 17.0. The quantitative estimate of drug-likeness (QED) is 0.844. The summed E-state index contributed by atoms with van der Waals surface area (Å²) in [7, 11) is 0. The van der Waals surface area contributed by atoms with E-state index in [0.29, 0.717) is 18.9 Å². The molecule has 1 aliphatic carbocycles. The fourth-order valence-corrected chi connectivity index (χ4v) is 3.30. The molecule has 3 nitrogen and oxygen atoms in total. The van der Waals surface area contributed by atoms with Crippen LogP contribution in [0.25, 0.3) is 0 Å². The lowest BCUT2D eigenvalue weighted by Crippen LogP contribution is -2.41. The maximum atomic E-state index is 12.3. The van der Waals surface area contributed by atoms with Gasteiger partial charge in [0, 0.05) is 13.0 Å². The number of hydrogen-bond donors (Lipinski definition) is 2. The van der Waals surface area contributed by atoms with Crippen molar-refractivity contribution in [1.29, 1.82) is 0 Å². The highest BCUT2D eigenvalue weighted by Gasteiger charge is 2.31. The van der Waals surface area contributed by atoms with Crippen molar-refractivity contribution in [3.8, 4) is 0 Å². The number of amides is 1. The number of hydrogen-bond acceptors (Lipinski definition) is 2. The van der Waals surface area contributed by atoms with Crippen molar-refractivity contribution < 1.29 is 9.90 Å². The van der Waals surface area contributed by atoms with Crippen LogP contribution < -0.4 is 5.32 Å². The summed E-state index contributed by atoms with van der Waals surface area (Å²) in [6.45, 7) is 6.78. The first-order chi connectivity index (χ1) is 10.4. The molecule has 1 aliphatic rings. The average Bonchev–Trinajstić information content (AvgIpc) is 2.91. The van der Waals surface area contributed by atoms with E-state index in [-0.39, 0.29) is 11.8 Å². The summed E-state index contributed by atoms with van der Waals surface area (Å²) in [6.07, 6.45) is 4.21. The van der Waals surface area contributed by atoms with Gasteiger partial charge in [-0.25, -0.2) is 0 Å². The van der Waals surface area contributed by atoms with Crippen molar-refractivity contribution in [2.24, 2.45) is 5.92 Å². The van der Waals surface area contributed by atoms with Crippen LogP contribution in [0.3, 0.4) is 0 Å². The zero-order chi connectivity index (χ0) is 16.2. The van der Waals surface area contributed by atoms with Crippen LogP contribution in [0, 0.1) is 12.8 Å². The summed E-state index contributed by atoms with van der Waals surface area (Å²) in [5, 5.41) is 13.3. The first-order valence-electron chi connectivity index (χ1n) is 8.45. The van der Waals surface area contributed by atoms with Gasteiger partial charge in [-0.2, -0.15) is 0 Å². The van der Waals surface area contributed by atoms with E-state index in [9.17, 15) is 9.90 Å². The number of carbonyl (C=O) groups is 1. The molecule has 1 saturated carbocycles. The molecule has 1 aromatic rings. The van der Waals surface area contributed by atoms with E-state index in [4.69, 9.17) is 0 Å². The second-order valence-corrected chi connectivity index (χ2v) is 7.17. The third kappa shape index (κ3) is 4.57. The fourth-order valence-electron chi connectivity index (χ4n) is 3.30. The molecule has 0 saturated heterocycles. The molecule has 22 heavy (non-hydrogen) atoms. The number of aliphatic hydroxyl groups is 1. The molecule has 1 amide bonds. The van der Waals surface area contributed by atoms with E-state index in [2.05, 4.69) is 50.4 Å². The van der Waals surface area contributed by atoms with Gasteiger partial charge in [-0.05, 0) is 37.2 Å². The van der Waals surface area contributed by atoms with Crippen LogP contribution >= 0.6 is 0 Å². The lowest BCUT2D eigenvalue weighted by molar-refractivity contribution is -0.122. The lowest BCUT2D eigenvalue weighted by Gasteiger charge is -2.25. The highest BCUT2D eigenvalue weighted by Crippen LogP contribution is 2.30. The van der Waals surface area contributed by atoms with Crippen molar-refractivity contribution in [2.45, 2.75) is 64.4 Å². The third-order valence-corrected chi connectivity index (χ3v) is 4.86. The van der Waals surface area contributed by atoms with Gasteiger partial charge in [0.2, 0.25) is 5.91 Å². The number of rotatable bonds is 6. The number of carbonyl (C=O) groups excluding carboxylic acids is 1. The second-order valence-electron chi connectivity index (χ2n) is 7.17. The number of nitrogens with one attached hydrogen (secondary N) is 1. The average molecular weight is 303 g/mol. The largest absolute Gasteiger partial charge is 0.388 e. The SMILES string of the molecule is Cc1ccc(C(CC(=O)NCC2(O)CCCC2)C(C)C)cc1. The van der Waals surface area contributed by atoms with Gasteiger partial charge < -0.3 is 10.4 Å². The molecule has 1 atom stereocenters. The van der Waals surface area contributed by atoms with E-state index >= 15 is 0 Å². The Morgan fingerprint density at radius 1 is 1.23 bits per heavy atom. The molecule has 0 aromatic heterocycles. The Balaban J connectivity index is 1.93. The first-order valence-corrected chi connectivity index (χ1v) is 8.45. The van der Waals surface area contributed by atoms with Gasteiger partial charge in [0.15, 0.2) is 0 Å². The monoisotopic (exact) mass is 303 g/mol. The van der Waals surface area contributed by atoms with Crippen molar-refractivity contribution in [1.82, 2.24) is 5.32 Å². The predicted molar refractivity (Wildman–Crippen MR) is 89.8 cm³/mol. The minimum Gasteiger partial charge on any atom is -0.388 e. The van der Waals surface area contributed by atoms with E-state index in [1.165, 1.54) is 11.1 Å². The molecule has 0 radical (unpaired) electrons. The van der Waals surface area contributed by atoms with Gasteiger partial charge >= 0.3 is 0 Å². The molecule has 122 valence electrons. The molecule has 0 bridgehead atoms. The van der Waals surface area contributed by atoms with Gasteiger partial charge in [0.1, 0.15) is 0 Å². The van der Waals surface area contributed by atoms with E-state index in [1.807, 2.05) is 0 Å². The maximum absolute atomic E-state index is 12.3. The van der Waals surface area contributed by atoms with Crippen LogP contribution in [-0.2, 0) is 4.79 Å². The molecule has 0 spiro atoms. The summed E-state index contributed by atoms with van der Waals surface area (Å²) < 4.78 is 0. The van der Waals surface area contributed by atoms with Crippen LogP contribution in [-0.4, -0.2) is 23.2 Å². The standard InChI is InChI=1S/C19H29NO2/c1-14(2)17(16-8-6-15(3)7-9-16)12-18(21)20-13-19(22)10-4-5-11-19/h6-9,14,17,22H,4-5,10-13H2,1-3H3,(H,20,21). The lowest BCUT2D eigenvalue weighted by atomic mass is 9.85. The molecule has 1 unspecified atom stereocenters. The Labute approximate surface area is 134 Å². The Kier molecular flexibility index (Phi) is 5.63. The van der Waals surface area contributed by atoms with Gasteiger partial charge in [-0.3, -0.25) is 4.79 Å². The highest BCUT2D eigenvalue weighted by molar-refractivity contribution is 5.77. The van der Waals surface area contributed by atoms with Gasteiger partial charge in [0.05, 0.1) is 5.60 Å². The van der Waals surface area contributed by atoms with Gasteiger partial charge in [0.25, 0.3) is 0 Å². The van der Waals surface area contributed by atoms with Crippen molar-refractivity contribution in [3.63, 3.8) is 0 Å². The molecule has 1 aromatic carbocycles. The van der Waals surface area contributed by atoms with Crippen LogP contribution in [0.2, 0.25) is 0 Å². The number of aryl methyl sites for hydroxylation is 1. The Bertz CT molecular complexity index is 487. The van der Waals surface area contributed by atoms with E-state index < -0.39 is 5.60 Å².